The van der Waals surface area contributed by atoms with Crippen molar-refractivity contribution in [2.45, 2.75) is 0 Å². The average molecular weight is 242 g/mol. The summed E-state index contributed by atoms with van der Waals surface area (Å²) in [6.45, 7) is 0. The number of aromatic amines is 2. The van der Waals surface area contributed by atoms with Gasteiger partial charge in [-0.05, 0) is 30.4 Å². The molecule has 82 valence electrons. The van der Waals surface area contributed by atoms with Gasteiger partial charge in [0.15, 0.2) is 4.77 Å². The summed E-state index contributed by atoms with van der Waals surface area (Å²) >= 11 is 4.95. The third kappa shape index (κ3) is 2.30. The number of nitrogens with zero attached hydrogens (tertiary/aromatic N) is 3. The van der Waals surface area contributed by atoms with Crippen LogP contribution in [0.3, 0.4) is 0 Å². The lowest BCUT2D eigenvalue weighted by Crippen LogP contribution is -1.96. The monoisotopic (exact) mass is 242 g/mol. The van der Waals surface area contributed by atoms with Gasteiger partial charge in [0, 0.05) is 0 Å². The van der Waals surface area contributed by atoms with Crippen LogP contribution >= 0.6 is 12.2 Å². The van der Waals surface area contributed by atoms with Crippen LogP contribution in [0.25, 0.3) is 11.0 Å². The highest BCUT2D eigenvalue weighted by atomic mass is 32.1. The maximum absolute atomic E-state index is 8.51. The summed E-state index contributed by atoms with van der Waals surface area (Å²) in [5.41, 5.74) is 4.76. The second kappa shape index (κ2) is 4.47. The Morgan fingerprint density at radius 2 is 1.94 bits per heavy atom. The van der Waals surface area contributed by atoms with Crippen LogP contribution in [0.4, 0.5) is 5.69 Å². The van der Waals surface area contributed by atoms with E-state index in [1.807, 2.05) is 6.07 Å². The van der Waals surface area contributed by atoms with Crippen molar-refractivity contribution in [3.05, 3.63) is 23.0 Å². The Bertz CT molecular complexity index is 708. The molecule has 0 saturated carbocycles. The van der Waals surface area contributed by atoms with Gasteiger partial charge in [-0.15, -0.1) is 0 Å². The molecule has 1 heterocycles. The van der Waals surface area contributed by atoms with Crippen molar-refractivity contribution in [2.75, 3.05) is 5.43 Å². The zero-order valence-electron chi connectivity index (χ0n) is 8.48. The number of benzene rings is 1. The zero-order chi connectivity index (χ0) is 12.3. The van der Waals surface area contributed by atoms with Crippen LogP contribution in [0.1, 0.15) is 0 Å². The van der Waals surface area contributed by atoms with E-state index in [1.165, 1.54) is 0 Å². The minimum absolute atomic E-state index is 0.230. The van der Waals surface area contributed by atoms with E-state index in [1.54, 1.807) is 24.3 Å². The van der Waals surface area contributed by atoms with Crippen molar-refractivity contribution in [3.8, 4) is 12.1 Å². The molecule has 6 nitrogen and oxygen atoms in total. The summed E-state index contributed by atoms with van der Waals surface area (Å²) < 4.78 is 0.537. The fraction of sp³-hybridized carbons (Fsp3) is 0. The minimum atomic E-state index is -0.230. The summed E-state index contributed by atoms with van der Waals surface area (Å²) in [5, 5.41) is 20.7. The number of rotatable bonds is 2. The average Bonchev–Trinajstić information content (AvgIpc) is 2.69. The first kappa shape index (κ1) is 10.9. The molecule has 0 aliphatic heterocycles. The van der Waals surface area contributed by atoms with Gasteiger partial charge in [0.05, 0.1) is 16.7 Å². The normalized spacial score (nSPS) is 9.29. The van der Waals surface area contributed by atoms with E-state index in [9.17, 15) is 0 Å². The van der Waals surface area contributed by atoms with Gasteiger partial charge in [-0.1, -0.05) is 0 Å². The molecule has 1 aromatic heterocycles. The lowest BCUT2D eigenvalue weighted by Gasteiger charge is -1.98. The van der Waals surface area contributed by atoms with E-state index in [2.05, 4.69) is 20.5 Å². The van der Waals surface area contributed by atoms with Gasteiger partial charge >= 0.3 is 0 Å². The smallest absolute Gasteiger partial charge is 0.237 e. The minimum Gasteiger partial charge on any atom is -0.331 e. The van der Waals surface area contributed by atoms with Crippen LogP contribution < -0.4 is 5.43 Å². The van der Waals surface area contributed by atoms with Gasteiger partial charge in [-0.3, -0.25) is 5.43 Å². The van der Waals surface area contributed by atoms with Gasteiger partial charge in [0.1, 0.15) is 12.1 Å². The van der Waals surface area contributed by atoms with Crippen LogP contribution in [-0.4, -0.2) is 15.7 Å². The van der Waals surface area contributed by atoms with E-state index in [4.69, 9.17) is 22.7 Å². The highest BCUT2D eigenvalue weighted by Gasteiger charge is 1.98. The predicted octanol–water partition coefficient (Wildman–Crippen LogP) is 2.04. The van der Waals surface area contributed by atoms with E-state index in [0.29, 0.717) is 10.5 Å². The molecule has 17 heavy (non-hydrogen) atoms. The molecule has 0 saturated heterocycles. The van der Waals surface area contributed by atoms with E-state index in [-0.39, 0.29) is 5.71 Å². The molecule has 0 spiro atoms. The van der Waals surface area contributed by atoms with Crippen molar-refractivity contribution in [2.24, 2.45) is 5.10 Å². The molecule has 0 aliphatic rings. The molecular formula is C10H6N6S. The SMILES string of the molecule is N#CC(C#N)=NNc1ccc2[nH]c(=S)[nH]c2c1. The number of H-pyrrole nitrogens is 2. The molecule has 2 aromatic rings. The largest absolute Gasteiger partial charge is 0.331 e. The lowest BCUT2D eigenvalue weighted by atomic mass is 10.3. The second-order valence-corrected chi connectivity index (χ2v) is 3.54. The number of fused-ring (bicyclic) bond motifs is 1. The number of nitriles is 2. The van der Waals surface area contributed by atoms with Gasteiger partial charge < -0.3 is 9.97 Å². The van der Waals surface area contributed by atoms with Crippen LogP contribution in [0, 0.1) is 27.4 Å². The van der Waals surface area contributed by atoms with Crippen molar-refractivity contribution in [1.29, 1.82) is 10.5 Å². The third-order valence-corrected chi connectivity index (χ3v) is 2.23. The van der Waals surface area contributed by atoms with Crippen LogP contribution in [0.2, 0.25) is 0 Å². The summed E-state index contributed by atoms with van der Waals surface area (Å²) in [6.07, 6.45) is 0. The lowest BCUT2D eigenvalue weighted by molar-refractivity contribution is 1.30. The molecule has 7 heteroatoms. The molecule has 0 bridgehead atoms. The molecule has 0 atom stereocenters. The van der Waals surface area contributed by atoms with E-state index in [0.717, 1.165) is 11.0 Å². The number of imidazole rings is 1. The number of anilines is 1. The van der Waals surface area contributed by atoms with Crippen molar-refractivity contribution in [3.63, 3.8) is 0 Å². The van der Waals surface area contributed by atoms with Crippen molar-refractivity contribution < 1.29 is 0 Å². The summed E-state index contributed by atoms with van der Waals surface area (Å²) in [5.74, 6) is 0. The fourth-order valence-corrected chi connectivity index (χ4v) is 1.52. The summed E-state index contributed by atoms with van der Waals surface area (Å²) in [6, 6.07) is 8.67. The molecule has 0 aliphatic carbocycles. The van der Waals surface area contributed by atoms with E-state index < -0.39 is 0 Å². The summed E-state index contributed by atoms with van der Waals surface area (Å²) in [7, 11) is 0. The fourth-order valence-electron chi connectivity index (χ4n) is 1.30. The first-order valence-corrected chi connectivity index (χ1v) is 4.99. The number of hydrogen-bond acceptors (Lipinski definition) is 5. The number of hydrogen-bond donors (Lipinski definition) is 3. The molecule has 0 radical (unpaired) electrons. The quantitative estimate of drug-likeness (QED) is 0.426. The van der Waals surface area contributed by atoms with E-state index >= 15 is 0 Å². The molecular weight excluding hydrogens is 236 g/mol. The van der Waals surface area contributed by atoms with Crippen LogP contribution in [0.5, 0.6) is 0 Å². The highest BCUT2D eigenvalue weighted by Crippen LogP contribution is 2.16. The number of hydrazone groups is 1. The van der Waals surface area contributed by atoms with Gasteiger partial charge in [-0.2, -0.15) is 15.6 Å². The van der Waals surface area contributed by atoms with Crippen molar-refractivity contribution >= 4 is 34.7 Å². The Labute approximate surface area is 101 Å². The molecule has 1 aromatic carbocycles. The Kier molecular flexibility index (Phi) is 2.86. The molecule has 0 fully saturated rings. The Balaban J connectivity index is 2.32. The molecule has 2 rings (SSSR count). The van der Waals surface area contributed by atoms with Gasteiger partial charge in [0.2, 0.25) is 5.71 Å². The predicted molar refractivity (Wildman–Crippen MR) is 65.8 cm³/mol. The highest BCUT2D eigenvalue weighted by molar-refractivity contribution is 7.71. The van der Waals surface area contributed by atoms with Gasteiger partial charge in [-0.25, -0.2) is 0 Å². The standard InChI is InChI=1S/C10H6N6S/c11-4-7(5-12)16-15-6-1-2-8-9(3-6)14-10(17)13-8/h1-3,15H,(H2,13,14,17). The first-order valence-electron chi connectivity index (χ1n) is 4.59. The molecule has 0 unspecified atom stereocenters. The number of nitrogens with one attached hydrogen (secondary N) is 3. The number of aromatic nitrogens is 2. The van der Waals surface area contributed by atoms with Crippen LogP contribution in [0.15, 0.2) is 23.3 Å². The Hall–Kier alpha value is -2.64. The van der Waals surface area contributed by atoms with Crippen LogP contribution in [-0.2, 0) is 0 Å². The maximum Gasteiger partial charge on any atom is 0.237 e. The molecule has 3 N–H and O–H groups in total. The Morgan fingerprint density at radius 3 is 2.65 bits per heavy atom. The third-order valence-electron chi connectivity index (χ3n) is 2.02. The zero-order valence-corrected chi connectivity index (χ0v) is 9.30. The topological polar surface area (TPSA) is 104 Å². The van der Waals surface area contributed by atoms with Gasteiger partial charge in [0.25, 0.3) is 0 Å². The summed E-state index contributed by atoms with van der Waals surface area (Å²) in [4.78, 5) is 5.92. The molecule has 0 amide bonds. The first-order chi connectivity index (χ1) is 8.22. The maximum atomic E-state index is 8.51. The Morgan fingerprint density at radius 1 is 1.24 bits per heavy atom. The second-order valence-electron chi connectivity index (χ2n) is 3.14. The van der Waals surface area contributed by atoms with Crippen molar-refractivity contribution in [1.82, 2.24) is 9.97 Å².